The van der Waals surface area contributed by atoms with Gasteiger partial charge in [0.05, 0.1) is 25.1 Å². The molecule has 0 radical (unpaired) electrons. The van der Waals surface area contributed by atoms with Crippen molar-refractivity contribution in [2.24, 2.45) is 0 Å². The number of hydrogen-bond acceptors (Lipinski definition) is 7. The van der Waals surface area contributed by atoms with E-state index in [2.05, 4.69) is 30.2 Å². The average molecular weight is 551 g/mol. The van der Waals surface area contributed by atoms with E-state index in [-0.39, 0.29) is 11.7 Å². The molecule has 0 aliphatic carbocycles. The fourth-order valence-electron chi connectivity index (χ4n) is 4.74. The van der Waals surface area contributed by atoms with Gasteiger partial charge in [0.1, 0.15) is 5.75 Å². The van der Waals surface area contributed by atoms with Crippen molar-refractivity contribution in [3.63, 3.8) is 0 Å². The molecule has 4 aromatic rings. The third-order valence-corrected chi connectivity index (χ3v) is 6.83. The standard InChI is InChI=1S/C29H32F2N6O3/c1-20-18-22(6-9-24(20)28(38)33-10-2-3-12-36-14-16-39-17-15-36)35-26-27-34-19-25(37(27)13-11-32-26)21-4-7-23(8-5-21)40-29(30)31/h4-9,11,13,18-19,29H,2-3,10,12,14-17H2,1H3,(H,32,35)(H,33,38). The van der Waals surface area contributed by atoms with Crippen LogP contribution in [0.1, 0.15) is 28.8 Å². The Morgan fingerprint density at radius 3 is 2.65 bits per heavy atom. The lowest BCUT2D eigenvalue weighted by Gasteiger charge is -2.26. The number of nitrogens with one attached hydrogen (secondary N) is 2. The number of halogens is 2. The second kappa shape index (κ2) is 12.8. The number of ether oxygens (including phenoxy) is 2. The van der Waals surface area contributed by atoms with Crippen molar-refractivity contribution in [3.05, 3.63) is 72.2 Å². The van der Waals surface area contributed by atoms with Crippen LogP contribution in [-0.2, 0) is 4.74 Å². The van der Waals surface area contributed by atoms with Gasteiger partial charge in [0.2, 0.25) is 0 Å². The maximum absolute atomic E-state index is 12.8. The maximum Gasteiger partial charge on any atom is 0.387 e. The van der Waals surface area contributed by atoms with Gasteiger partial charge in [-0.1, -0.05) is 0 Å². The molecule has 5 rings (SSSR count). The lowest BCUT2D eigenvalue weighted by atomic mass is 10.1. The van der Waals surface area contributed by atoms with Crippen LogP contribution in [0.15, 0.2) is 61.1 Å². The van der Waals surface area contributed by atoms with Crippen LogP contribution < -0.4 is 15.4 Å². The second-order valence-electron chi connectivity index (χ2n) is 9.59. The molecule has 2 aromatic carbocycles. The Kier molecular flexibility index (Phi) is 8.82. The summed E-state index contributed by atoms with van der Waals surface area (Å²) in [4.78, 5) is 24.1. The highest BCUT2D eigenvalue weighted by Crippen LogP contribution is 2.27. The Bertz CT molecular complexity index is 1440. The first-order valence-corrected chi connectivity index (χ1v) is 13.3. The van der Waals surface area contributed by atoms with Crippen molar-refractivity contribution in [2.45, 2.75) is 26.4 Å². The van der Waals surface area contributed by atoms with E-state index in [9.17, 15) is 13.6 Å². The Hall–Kier alpha value is -4.09. The van der Waals surface area contributed by atoms with Gasteiger partial charge in [0, 0.05) is 48.8 Å². The van der Waals surface area contributed by atoms with Gasteiger partial charge in [-0.05, 0) is 74.3 Å². The van der Waals surface area contributed by atoms with Crippen LogP contribution in [0.3, 0.4) is 0 Å². The average Bonchev–Trinajstić information content (AvgIpc) is 3.39. The van der Waals surface area contributed by atoms with Gasteiger partial charge in [-0.15, -0.1) is 0 Å². The molecule has 3 heterocycles. The molecule has 0 bridgehead atoms. The monoisotopic (exact) mass is 550 g/mol. The number of hydrogen-bond donors (Lipinski definition) is 2. The number of aryl methyl sites for hydroxylation is 1. The largest absolute Gasteiger partial charge is 0.435 e. The zero-order valence-corrected chi connectivity index (χ0v) is 22.3. The summed E-state index contributed by atoms with van der Waals surface area (Å²) in [6.07, 6.45) is 7.10. The summed E-state index contributed by atoms with van der Waals surface area (Å²) < 4.78 is 36.6. The number of aromatic nitrogens is 3. The fraction of sp³-hybridized carbons (Fsp3) is 0.345. The molecule has 9 nitrogen and oxygen atoms in total. The van der Waals surface area contributed by atoms with Crippen molar-refractivity contribution < 1.29 is 23.0 Å². The second-order valence-corrected chi connectivity index (χ2v) is 9.59. The molecule has 0 unspecified atom stereocenters. The Balaban J connectivity index is 1.20. The van der Waals surface area contributed by atoms with Crippen molar-refractivity contribution in [2.75, 3.05) is 44.7 Å². The third kappa shape index (κ3) is 6.72. The number of fused-ring (bicyclic) bond motifs is 1. The smallest absolute Gasteiger partial charge is 0.387 e. The number of imidazole rings is 1. The highest BCUT2D eigenvalue weighted by Gasteiger charge is 2.14. The van der Waals surface area contributed by atoms with Crippen LogP contribution in [0.4, 0.5) is 20.3 Å². The number of unbranched alkanes of at least 4 members (excludes halogenated alkanes) is 1. The molecule has 1 amide bonds. The molecule has 2 aromatic heterocycles. The molecule has 40 heavy (non-hydrogen) atoms. The lowest BCUT2D eigenvalue weighted by Crippen LogP contribution is -2.37. The third-order valence-electron chi connectivity index (χ3n) is 6.83. The molecule has 1 aliphatic heterocycles. The maximum atomic E-state index is 12.8. The van der Waals surface area contributed by atoms with E-state index in [0.717, 1.165) is 68.2 Å². The number of rotatable bonds is 11. The van der Waals surface area contributed by atoms with Crippen LogP contribution in [0.5, 0.6) is 5.75 Å². The van der Waals surface area contributed by atoms with E-state index in [1.165, 1.54) is 12.1 Å². The Morgan fingerprint density at radius 2 is 1.90 bits per heavy atom. The Morgan fingerprint density at radius 1 is 1.10 bits per heavy atom. The SMILES string of the molecule is Cc1cc(Nc2nccn3c(-c4ccc(OC(F)F)cc4)cnc23)ccc1C(=O)NCCCCN1CCOCC1. The van der Waals surface area contributed by atoms with Crippen LogP contribution in [0.2, 0.25) is 0 Å². The van der Waals surface area contributed by atoms with Crippen LogP contribution >= 0.6 is 0 Å². The van der Waals surface area contributed by atoms with E-state index in [0.29, 0.717) is 23.6 Å². The number of benzene rings is 2. The van der Waals surface area contributed by atoms with Gasteiger partial charge in [0.25, 0.3) is 5.91 Å². The van der Waals surface area contributed by atoms with Gasteiger partial charge in [-0.25, -0.2) is 9.97 Å². The summed E-state index contributed by atoms with van der Waals surface area (Å²) >= 11 is 0. The molecule has 11 heteroatoms. The molecule has 1 saturated heterocycles. The summed E-state index contributed by atoms with van der Waals surface area (Å²) in [5.41, 5.74) is 4.42. The van der Waals surface area contributed by atoms with Crippen molar-refractivity contribution in [3.8, 4) is 17.0 Å². The summed E-state index contributed by atoms with van der Waals surface area (Å²) in [6.45, 7) is 4.25. The highest BCUT2D eigenvalue weighted by atomic mass is 19.3. The summed E-state index contributed by atoms with van der Waals surface area (Å²) in [7, 11) is 0. The van der Waals surface area contributed by atoms with Gasteiger partial charge < -0.3 is 20.1 Å². The number of alkyl halides is 2. The summed E-state index contributed by atoms with van der Waals surface area (Å²) in [6, 6.07) is 11.9. The molecular formula is C29H32F2N6O3. The van der Waals surface area contributed by atoms with Crippen molar-refractivity contribution in [1.29, 1.82) is 0 Å². The first-order valence-electron chi connectivity index (χ1n) is 13.3. The fourth-order valence-corrected chi connectivity index (χ4v) is 4.74. The molecule has 2 N–H and O–H groups in total. The summed E-state index contributed by atoms with van der Waals surface area (Å²) in [5, 5.41) is 6.33. The zero-order valence-electron chi connectivity index (χ0n) is 22.3. The first kappa shape index (κ1) is 27.5. The highest BCUT2D eigenvalue weighted by molar-refractivity contribution is 5.96. The minimum Gasteiger partial charge on any atom is -0.435 e. The first-order chi connectivity index (χ1) is 19.5. The van der Waals surface area contributed by atoms with Gasteiger partial charge in [0.15, 0.2) is 11.5 Å². The van der Waals surface area contributed by atoms with E-state index in [1.54, 1.807) is 36.8 Å². The number of anilines is 2. The molecule has 0 atom stereocenters. The molecule has 1 aliphatic rings. The van der Waals surface area contributed by atoms with E-state index < -0.39 is 6.61 Å². The number of carbonyl (C=O) groups excluding carboxylic acids is 1. The molecule has 0 saturated carbocycles. The molecular weight excluding hydrogens is 518 g/mol. The van der Waals surface area contributed by atoms with Crippen LogP contribution in [-0.4, -0.2) is 71.2 Å². The van der Waals surface area contributed by atoms with E-state index >= 15 is 0 Å². The van der Waals surface area contributed by atoms with E-state index in [1.807, 2.05) is 23.5 Å². The van der Waals surface area contributed by atoms with Gasteiger partial charge >= 0.3 is 6.61 Å². The molecule has 210 valence electrons. The minimum absolute atomic E-state index is 0.0847. The summed E-state index contributed by atoms with van der Waals surface area (Å²) in [5.74, 6) is 0.551. The predicted octanol–water partition coefficient (Wildman–Crippen LogP) is 4.89. The number of morpholine rings is 1. The quantitative estimate of drug-likeness (QED) is 0.257. The zero-order chi connectivity index (χ0) is 27.9. The predicted molar refractivity (Wildman–Crippen MR) is 148 cm³/mol. The number of amides is 1. The van der Waals surface area contributed by atoms with Gasteiger partial charge in [-0.3, -0.25) is 14.1 Å². The van der Waals surface area contributed by atoms with Crippen molar-refractivity contribution in [1.82, 2.24) is 24.6 Å². The minimum atomic E-state index is -2.87. The molecule has 1 fully saturated rings. The van der Waals surface area contributed by atoms with Crippen LogP contribution in [0, 0.1) is 6.92 Å². The van der Waals surface area contributed by atoms with Gasteiger partial charge in [-0.2, -0.15) is 8.78 Å². The molecule has 0 spiro atoms. The normalized spacial score (nSPS) is 14.0. The van der Waals surface area contributed by atoms with Crippen molar-refractivity contribution >= 4 is 23.1 Å². The number of nitrogens with zero attached hydrogens (tertiary/aromatic N) is 4. The van der Waals surface area contributed by atoms with Crippen LogP contribution in [0.25, 0.3) is 16.9 Å². The van der Waals surface area contributed by atoms with E-state index in [4.69, 9.17) is 4.74 Å². The number of carbonyl (C=O) groups is 1. The Labute approximate surface area is 231 Å². The lowest BCUT2D eigenvalue weighted by molar-refractivity contribution is -0.0498. The topological polar surface area (TPSA) is 93.0 Å².